The molecule has 0 bridgehead atoms. The highest BCUT2D eigenvalue weighted by molar-refractivity contribution is 9.10. The van der Waals surface area contributed by atoms with Crippen LogP contribution in [0.4, 0.5) is 6.01 Å². The van der Waals surface area contributed by atoms with Gasteiger partial charge in [-0.1, -0.05) is 6.92 Å². The van der Waals surface area contributed by atoms with E-state index in [9.17, 15) is 0 Å². The second kappa shape index (κ2) is 4.90. The topological polar surface area (TPSA) is 41.3 Å². The standard InChI is InChI=1S/C13H16BrN3O/c1-2-9-7-10(14)12-11(8-9)16-13(18-12)17-5-3-15-4-6-17/h7-8,15H,2-6H2,1H3. The molecule has 2 heterocycles. The lowest BCUT2D eigenvalue weighted by Gasteiger charge is -2.25. The SMILES string of the molecule is CCc1cc(Br)c2oc(N3CCNCC3)nc2c1. The van der Waals surface area contributed by atoms with Crippen LogP contribution in [-0.4, -0.2) is 31.2 Å². The maximum Gasteiger partial charge on any atom is 0.298 e. The van der Waals surface area contributed by atoms with Crippen molar-refractivity contribution in [3.8, 4) is 0 Å². The van der Waals surface area contributed by atoms with E-state index in [0.29, 0.717) is 0 Å². The Kier molecular flexibility index (Phi) is 3.26. The van der Waals surface area contributed by atoms with Crippen molar-refractivity contribution in [2.45, 2.75) is 13.3 Å². The van der Waals surface area contributed by atoms with E-state index >= 15 is 0 Å². The number of piperazine rings is 1. The van der Waals surface area contributed by atoms with Crippen LogP contribution in [0.3, 0.4) is 0 Å². The molecule has 4 nitrogen and oxygen atoms in total. The van der Waals surface area contributed by atoms with Gasteiger partial charge in [0, 0.05) is 26.2 Å². The molecule has 1 N–H and O–H groups in total. The predicted octanol–water partition coefficient (Wildman–Crippen LogP) is 2.56. The molecule has 1 aromatic heterocycles. The van der Waals surface area contributed by atoms with E-state index in [1.165, 1.54) is 5.56 Å². The van der Waals surface area contributed by atoms with Crippen LogP contribution in [0.5, 0.6) is 0 Å². The van der Waals surface area contributed by atoms with Crippen molar-refractivity contribution in [3.63, 3.8) is 0 Å². The minimum absolute atomic E-state index is 0.737. The zero-order valence-corrected chi connectivity index (χ0v) is 12.0. The van der Waals surface area contributed by atoms with Gasteiger partial charge in [0.15, 0.2) is 5.58 Å². The number of anilines is 1. The fourth-order valence-corrected chi connectivity index (χ4v) is 2.81. The summed E-state index contributed by atoms with van der Waals surface area (Å²) < 4.78 is 6.87. The van der Waals surface area contributed by atoms with Crippen molar-refractivity contribution in [1.82, 2.24) is 10.3 Å². The molecule has 1 saturated heterocycles. The number of nitrogens with zero attached hydrogens (tertiary/aromatic N) is 2. The molecule has 1 aliphatic rings. The van der Waals surface area contributed by atoms with E-state index in [1.807, 2.05) is 0 Å². The van der Waals surface area contributed by atoms with Crippen LogP contribution in [-0.2, 0) is 6.42 Å². The average molecular weight is 310 g/mol. The van der Waals surface area contributed by atoms with E-state index in [2.05, 4.69) is 50.2 Å². The molecule has 5 heteroatoms. The summed E-state index contributed by atoms with van der Waals surface area (Å²) in [6, 6.07) is 4.95. The van der Waals surface area contributed by atoms with E-state index < -0.39 is 0 Å². The number of rotatable bonds is 2. The molecule has 0 amide bonds. The van der Waals surface area contributed by atoms with E-state index in [0.717, 1.165) is 54.2 Å². The average Bonchev–Trinajstić information content (AvgIpc) is 2.84. The van der Waals surface area contributed by atoms with E-state index in [-0.39, 0.29) is 0 Å². The van der Waals surface area contributed by atoms with Crippen molar-refractivity contribution in [2.75, 3.05) is 31.1 Å². The Labute approximate surface area is 114 Å². The van der Waals surface area contributed by atoms with Gasteiger partial charge in [-0.05, 0) is 40.0 Å². The molecule has 1 aliphatic heterocycles. The Morgan fingerprint density at radius 3 is 2.89 bits per heavy atom. The number of nitrogens with one attached hydrogen (secondary N) is 1. The lowest BCUT2D eigenvalue weighted by Crippen LogP contribution is -2.43. The Balaban J connectivity index is 2.01. The first kappa shape index (κ1) is 12.0. The molecule has 0 radical (unpaired) electrons. The van der Waals surface area contributed by atoms with Crippen LogP contribution in [0.15, 0.2) is 21.0 Å². The number of halogens is 1. The van der Waals surface area contributed by atoms with Gasteiger partial charge in [-0.15, -0.1) is 0 Å². The Hall–Kier alpha value is -1.07. The molecule has 0 saturated carbocycles. The second-order valence-electron chi connectivity index (χ2n) is 4.51. The van der Waals surface area contributed by atoms with Gasteiger partial charge in [0.05, 0.1) is 4.47 Å². The zero-order valence-electron chi connectivity index (χ0n) is 10.4. The number of fused-ring (bicyclic) bond motifs is 1. The van der Waals surface area contributed by atoms with Gasteiger partial charge in [-0.25, -0.2) is 0 Å². The molecule has 1 aromatic carbocycles. The summed E-state index contributed by atoms with van der Waals surface area (Å²) in [5.41, 5.74) is 3.06. The summed E-state index contributed by atoms with van der Waals surface area (Å²) in [5.74, 6) is 0. The molecule has 0 aliphatic carbocycles. The van der Waals surface area contributed by atoms with Crippen molar-refractivity contribution < 1.29 is 4.42 Å². The molecule has 0 spiro atoms. The highest BCUT2D eigenvalue weighted by atomic mass is 79.9. The third-order valence-corrected chi connectivity index (χ3v) is 3.88. The lowest BCUT2D eigenvalue weighted by molar-refractivity contribution is 0.517. The van der Waals surface area contributed by atoms with Crippen molar-refractivity contribution in [1.29, 1.82) is 0 Å². The van der Waals surface area contributed by atoms with Crippen LogP contribution in [0.25, 0.3) is 11.1 Å². The highest BCUT2D eigenvalue weighted by Crippen LogP contribution is 2.30. The molecule has 0 atom stereocenters. The molecule has 2 aromatic rings. The van der Waals surface area contributed by atoms with Crippen LogP contribution >= 0.6 is 15.9 Å². The van der Waals surface area contributed by atoms with Gasteiger partial charge in [0.2, 0.25) is 0 Å². The fraction of sp³-hybridized carbons (Fsp3) is 0.462. The number of aromatic nitrogens is 1. The largest absolute Gasteiger partial charge is 0.422 e. The van der Waals surface area contributed by atoms with Crippen molar-refractivity contribution >= 4 is 33.0 Å². The summed E-state index contributed by atoms with van der Waals surface area (Å²) >= 11 is 3.56. The molecule has 1 fully saturated rings. The van der Waals surface area contributed by atoms with Crippen LogP contribution in [0.1, 0.15) is 12.5 Å². The first-order valence-electron chi connectivity index (χ1n) is 6.32. The normalized spacial score (nSPS) is 16.4. The Bertz CT molecular complexity index is 561. The molecule has 3 rings (SSSR count). The smallest absolute Gasteiger partial charge is 0.298 e. The third kappa shape index (κ3) is 2.12. The minimum atomic E-state index is 0.737. The zero-order chi connectivity index (χ0) is 12.5. The summed E-state index contributed by atoms with van der Waals surface area (Å²) in [6.07, 6.45) is 1.00. The van der Waals surface area contributed by atoms with Gasteiger partial charge in [0.1, 0.15) is 5.52 Å². The lowest BCUT2D eigenvalue weighted by atomic mass is 10.1. The monoisotopic (exact) mass is 309 g/mol. The number of oxazole rings is 1. The molecular weight excluding hydrogens is 294 g/mol. The highest BCUT2D eigenvalue weighted by Gasteiger charge is 2.17. The number of benzene rings is 1. The van der Waals surface area contributed by atoms with Crippen LogP contribution in [0, 0.1) is 0 Å². The first-order chi connectivity index (χ1) is 8.78. The predicted molar refractivity (Wildman–Crippen MR) is 76.2 cm³/mol. The van der Waals surface area contributed by atoms with Crippen molar-refractivity contribution in [3.05, 3.63) is 22.2 Å². The maximum atomic E-state index is 5.88. The van der Waals surface area contributed by atoms with Crippen LogP contribution < -0.4 is 10.2 Å². The summed E-state index contributed by atoms with van der Waals surface area (Å²) in [6.45, 7) is 6.02. The van der Waals surface area contributed by atoms with Crippen molar-refractivity contribution in [2.24, 2.45) is 0 Å². The minimum Gasteiger partial charge on any atom is -0.422 e. The molecule has 18 heavy (non-hydrogen) atoms. The van der Waals surface area contributed by atoms with Gasteiger partial charge >= 0.3 is 0 Å². The van der Waals surface area contributed by atoms with Gasteiger partial charge < -0.3 is 14.6 Å². The summed E-state index contributed by atoms with van der Waals surface area (Å²) in [5, 5.41) is 3.33. The Morgan fingerprint density at radius 1 is 1.39 bits per heavy atom. The summed E-state index contributed by atoms with van der Waals surface area (Å²) in [4.78, 5) is 6.80. The quantitative estimate of drug-likeness (QED) is 0.925. The fourth-order valence-electron chi connectivity index (χ4n) is 2.23. The van der Waals surface area contributed by atoms with Gasteiger partial charge in [-0.2, -0.15) is 4.98 Å². The number of hydrogen-bond acceptors (Lipinski definition) is 4. The van der Waals surface area contributed by atoms with Crippen LogP contribution in [0.2, 0.25) is 0 Å². The van der Waals surface area contributed by atoms with E-state index in [4.69, 9.17) is 4.42 Å². The summed E-state index contributed by atoms with van der Waals surface area (Å²) in [7, 11) is 0. The van der Waals surface area contributed by atoms with Gasteiger partial charge in [-0.3, -0.25) is 0 Å². The maximum absolute atomic E-state index is 5.88. The van der Waals surface area contributed by atoms with Gasteiger partial charge in [0.25, 0.3) is 6.01 Å². The molecule has 0 unspecified atom stereocenters. The third-order valence-electron chi connectivity index (χ3n) is 3.29. The Morgan fingerprint density at radius 2 is 2.17 bits per heavy atom. The van der Waals surface area contributed by atoms with E-state index in [1.54, 1.807) is 0 Å². The number of hydrogen-bond donors (Lipinski definition) is 1. The molecule has 96 valence electrons. The second-order valence-corrected chi connectivity index (χ2v) is 5.37. The molecular formula is C13H16BrN3O. The number of aryl methyl sites for hydroxylation is 1. The first-order valence-corrected chi connectivity index (χ1v) is 7.12.